The third-order valence-electron chi connectivity index (χ3n) is 3.15. The first kappa shape index (κ1) is 16.3. The van der Waals surface area contributed by atoms with Crippen LogP contribution in [0.2, 0.25) is 0 Å². The van der Waals surface area contributed by atoms with Gasteiger partial charge in [0.05, 0.1) is 14.2 Å². The highest BCUT2D eigenvalue weighted by molar-refractivity contribution is 5.91. The minimum absolute atomic E-state index is 0.0304. The maximum atomic E-state index is 12.1. The fraction of sp³-hybridized carbons (Fsp3) is 0.286. The van der Waals surface area contributed by atoms with Crippen molar-refractivity contribution >= 4 is 11.7 Å². The van der Waals surface area contributed by atoms with E-state index in [-0.39, 0.29) is 18.2 Å². The molecule has 0 aliphatic heterocycles. The number of imidazole rings is 1. The number of hydrogen-bond donors (Lipinski definition) is 1. The molecule has 0 spiro atoms. The zero-order valence-electron chi connectivity index (χ0n) is 12.9. The van der Waals surface area contributed by atoms with Crippen molar-refractivity contribution in [1.29, 1.82) is 0 Å². The van der Waals surface area contributed by atoms with Gasteiger partial charge in [0, 0.05) is 13.6 Å². The van der Waals surface area contributed by atoms with Gasteiger partial charge in [0.1, 0.15) is 6.20 Å². The molecular weight excluding hydrogens is 304 g/mol. The highest BCUT2D eigenvalue weighted by atomic mass is 16.6. The quantitative estimate of drug-likeness (QED) is 0.634. The summed E-state index contributed by atoms with van der Waals surface area (Å²) in [5.41, 5.74) is 0.791. The average Bonchev–Trinajstić information content (AvgIpc) is 2.94. The fourth-order valence-electron chi connectivity index (χ4n) is 2.00. The number of aromatic nitrogens is 2. The van der Waals surface area contributed by atoms with Crippen LogP contribution in [0.15, 0.2) is 24.4 Å². The summed E-state index contributed by atoms with van der Waals surface area (Å²) >= 11 is 0. The Balaban J connectivity index is 2.08. The molecule has 1 heterocycles. The summed E-state index contributed by atoms with van der Waals surface area (Å²) in [6, 6.07) is 5.24. The van der Waals surface area contributed by atoms with Gasteiger partial charge in [-0.2, -0.15) is 0 Å². The highest BCUT2D eigenvalue weighted by Crippen LogP contribution is 2.27. The van der Waals surface area contributed by atoms with Crippen molar-refractivity contribution in [1.82, 2.24) is 14.9 Å². The van der Waals surface area contributed by atoms with Crippen LogP contribution in [0, 0.1) is 10.1 Å². The van der Waals surface area contributed by atoms with Crippen molar-refractivity contribution in [3.8, 4) is 11.5 Å². The molecule has 1 N–H and O–H groups in total. The van der Waals surface area contributed by atoms with Crippen molar-refractivity contribution < 1.29 is 19.2 Å². The third kappa shape index (κ3) is 3.57. The van der Waals surface area contributed by atoms with Gasteiger partial charge in [-0.15, -0.1) is 0 Å². The molecule has 23 heavy (non-hydrogen) atoms. The number of ether oxygens (including phenoxy) is 2. The second kappa shape index (κ2) is 6.77. The number of carbonyl (C=O) groups is 1. The molecule has 0 radical (unpaired) electrons. The molecule has 0 saturated carbocycles. The molecule has 0 fully saturated rings. The smallest absolute Gasteiger partial charge is 0.382 e. The Morgan fingerprint density at radius 1 is 1.35 bits per heavy atom. The maximum Gasteiger partial charge on any atom is 0.382 e. The molecule has 0 aliphatic rings. The number of carbonyl (C=O) groups excluding carboxylic acids is 1. The predicted octanol–water partition coefficient (Wildman–Crippen LogP) is 1.28. The van der Waals surface area contributed by atoms with Crippen molar-refractivity contribution in [3.63, 3.8) is 0 Å². The first-order chi connectivity index (χ1) is 11.0. The van der Waals surface area contributed by atoms with E-state index in [1.54, 1.807) is 18.2 Å². The van der Waals surface area contributed by atoms with Gasteiger partial charge in [-0.3, -0.25) is 4.79 Å². The highest BCUT2D eigenvalue weighted by Gasteiger charge is 2.22. The van der Waals surface area contributed by atoms with E-state index in [1.165, 1.54) is 32.0 Å². The second-order valence-corrected chi connectivity index (χ2v) is 4.66. The standard InChI is InChI=1S/C14H16N4O5/c1-17-8-12(18(20)21)16-13(17)14(19)15-7-9-4-5-10(22-2)11(6-9)23-3/h4-6,8H,7H2,1-3H3,(H,15,19). The second-order valence-electron chi connectivity index (χ2n) is 4.66. The summed E-state index contributed by atoms with van der Waals surface area (Å²) in [4.78, 5) is 25.8. The molecule has 9 nitrogen and oxygen atoms in total. The number of aryl methyl sites for hydroxylation is 1. The van der Waals surface area contributed by atoms with E-state index in [0.717, 1.165) is 5.56 Å². The van der Waals surface area contributed by atoms with E-state index in [0.29, 0.717) is 11.5 Å². The van der Waals surface area contributed by atoms with Crippen LogP contribution in [0.4, 0.5) is 5.82 Å². The zero-order valence-corrected chi connectivity index (χ0v) is 12.9. The summed E-state index contributed by atoms with van der Waals surface area (Å²) in [6.45, 7) is 0.222. The van der Waals surface area contributed by atoms with Gasteiger partial charge in [-0.25, -0.2) is 0 Å². The number of methoxy groups -OCH3 is 2. The Labute approximate surface area is 132 Å². The summed E-state index contributed by atoms with van der Waals surface area (Å²) in [5, 5.41) is 13.3. The van der Waals surface area contributed by atoms with Gasteiger partial charge in [-0.05, 0) is 27.6 Å². The minimum Gasteiger partial charge on any atom is -0.493 e. The summed E-state index contributed by atoms with van der Waals surface area (Å²) in [6.07, 6.45) is 1.19. The van der Waals surface area contributed by atoms with Crippen LogP contribution in [0.5, 0.6) is 11.5 Å². The maximum absolute atomic E-state index is 12.1. The Morgan fingerprint density at radius 2 is 2.04 bits per heavy atom. The third-order valence-corrected chi connectivity index (χ3v) is 3.15. The van der Waals surface area contributed by atoms with Crippen LogP contribution >= 0.6 is 0 Å². The fourth-order valence-corrected chi connectivity index (χ4v) is 2.00. The first-order valence-corrected chi connectivity index (χ1v) is 6.63. The molecule has 0 atom stereocenters. The van der Waals surface area contributed by atoms with Gasteiger partial charge < -0.3 is 29.5 Å². The molecule has 2 aromatic rings. The van der Waals surface area contributed by atoms with Crippen LogP contribution in [-0.2, 0) is 13.6 Å². The van der Waals surface area contributed by atoms with Crippen LogP contribution in [-0.4, -0.2) is 34.6 Å². The molecule has 1 aromatic carbocycles. The largest absolute Gasteiger partial charge is 0.493 e. The molecule has 0 saturated heterocycles. The van der Waals surface area contributed by atoms with Crippen molar-refractivity contribution in [3.05, 3.63) is 45.9 Å². The SMILES string of the molecule is COc1ccc(CNC(=O)c2nc([N+](=O)[O-])cn2C)cc1OC. The molecule has 122 valence electrons. The van der Waals surface area contributed by atoms with E-state index in [4.69, 9.17) is 9.47 Å². The number of nitrogens with one attached hydrogen (secondary N) is 1. The Kier molecular flexibility index (Phi) is 4.79. The molecule has 0 aliphatic carbocycles. The summed E-state index contributed by atoms with van der Waals surface area (Å²) in [5.74, 6) is 0.227. The number of hydrogen-bond acceptors (Lipinski definition) is 6. The van der Waals surface area contributed by atoms with Crippen molar-refractivity contribution in [2.24, 2.45) is 7.05 Å². The number of amides is 1. The Morgan fingerprint density at radius 3 is 2.61 bits per heavy atom. The van der Waals surface area contributed by atoms with E-state index in [1.807, 2.05) is 0 Å². The van der Waals surface area contributed by atoms with E-state index < -0.39 is 10.8 Å². The topological polar surface area (TPSA) is 109 Å². The van der Waals surface area contributed by atoms with Gasteiger partial charge in [0.2, 0.25) is 0 Å². The van der Waals surface area contributed by atoms with E-state index >= 15 is 0 Å². The Bertz CT molecular complexity index is 741. The van der Waals surface area contributed by atoms with Crippen molar-refractivity contribution in [2.75, 3.05) is 14.2 Å². The zero-order chi connectivity index (χ0) is 17.0. The average molecular weight is 320 g/mol. The molecule has 0 bridgehead atoms. The van der Waals surface area contributed by atoms with Gasteiger partial charge in [-0.1, -0.05) is 6.07 Å². The number of nitro groups is 1. The van der Waals surface area contributed by atoms with Crippen LogP contribution in [0.25, 0.3) is 0 Å². The number of benzene rings is 1. The first-order valence-electron chi connectivity index (χ1n) is 6.63. The minimum atomic E-state index is -0.648. The lowest BCUT2D eigenvalue weighted by molar-refractivity contribution is -0.389. The number of nitrogens with zero attached hydrogens (tertiary/aromatic N) is 3. The van der Waals surface area contributed by atoms with Gasteiger partial charge >= 0.3 is 17.5 Å². The van der Waals surface area contributed by atoms with Crippen molar-refractivity contribution in [2.45, 2.75) is 6.54 Å². The summed E-state index contributed by atoms with van der Waals surface area (Å²) < 4.78 is 11.6. The Hall–Kier alpha value is -3.10. The molecule has 1 amide bonds. The molecule has 2 rings (SSSR count). The van der Waals surface area contributed by atoms with Gasteiger partial charge in [0.25, 0.3) is 0 Å². The van der Waals surface area contributed by atoms with E-state index in [2.05, 4.69) is 10.3 Å². The van der Waals surface area contributed by atoms with Gasteiger partial charge in [0.15, 0.2) is 11.5 Å². The van der Waals surface area contributed by atoms with Crippen LogP contribution < -0.4 is 14.8 Å². The molecule has 1 aromatic heterocycles. The monoisotopic (exact) mass is 320 g/mol. The predicted molar refractivity (Wildman–Crippen MR) is 80.6 cm³/mol. The lowest BCUT2D eigenvalue weighted by Crippen LogP contribution is -2.25. The lowest BCUT2D eigenvalue weighted by Gasteiger charge is -2.09. The molecular formula is C14H16N4O5. The number of rotatable bonds is 6. The molecule has 9 heteroatoms. The molecule has 0 unspecified atom stereocenters. The van der Waals surface area contributed by atoms with Crippen LogP contribution in [0.3, 0.4) is 0 Å². The van der Waals surface area contributed by atoms with E-state index in [9.17, 15) is 14.9 Å². The lowest BCUT2D eigenvalue weighted by atomic mass is 10.2. The van der Waals surface area contributed by atoms with Crippen LogP contribution in [0.1, 0.15) is 16.2 Å². The normalized spacial score (nSPS) is 10.2. The summed E-state index contributed by atoms with van der Waals surface area (Å²) in [7, 11) is 4.58.